The molecule has 0 saturated heterocycles. The molecule has 0 fully saturated rings. The number of ether oxygens (including phenoxy) is 1. The van der Waals surface area contributed by atoms with Gasteiger partial charge in [0.05, 0.1) is 23.0 Å². The number of carbonyl (C=O) groups excluding carboxylic acids is 1. The van der Waals surface area contributed by atoms with E-state index in [2.05, 4.69) is 25.5 Å². The van der Waals surface area contributed by atoms with E-state index in [9.17, 15) is 4.79 Å². The first-order chi connectivity index (χ1) is 16.5. The summed E-state index contributed by atoms with van der Waals surface area (Å²) in [6.45, 7) is 3.53. The minimum absolute atomic E-state index is 0.313. The summed E-state index contributed by atoms with van der Waals surface area (Å²) in [7, 11) is 0. The summed E-state index contributed by atoms with van der Waals surface area (Å²) in [5.74, 6) is 1.25. The van der Waals surface area contributed by atoms with E-state index < -0.39 is 6.10 Å². The molecule has 170 valence electrons. The first-order valence-electron chi connectivity index (χ1n) is 10.5. The zero-order valence-corrected chi connectivity index (χ0v) is 19.1. The molecule has 0 spiro atoms. The van der Waals surface area contributed by atoms with Crippen molar-refractivity contribution in [1.29, 1.82) is 0 Å². The van der Waals surface area contributed by atoms with Crippen LogP contribution in [-0.4, -0.2) is 41.5 Å². The highest BCUT2D eigenvalue weighted by molar-refractivity contribution is 6.30. The van der Waals surface area contributed by atoms with Crippen molar-refractivity contribution in [2.45, 2.75) is 20.0 Å². The lowest BCUT2D eigenvalue weighted by molar-refractivity contribution is -0.122. The first-order valence-corrected chi connectivity index (χ1v) is 10.9. The van der Waals surface area contributed by atoms with Crippen molar-refractivity contribution < 1.29 is 9.53 Å². The zero-order chi connectivity index (χ0) is 23.7. The Bertz CT molecular complexity index is 1460. The Labute approximate surface area is 200 Å². The highest BCUT2D eigenvalue weighted by atomic mass is 35.5. The number of rotatable bonds is 6. The Kier molecular flexibility index (Phi) is 5.69. The molecule has 0 bridgehead atoms. The molecule has 3 heterocycles. The maximum atomic E-state index is 12.9. The van der Waals surface area contributed by atoms with Gasteiger partial charge in [0, 0.05) is 11.1 Å². The largest absolute Gasteiger partial charge is 0.481 e. The third kappa shape index (κ3) is 4.20. The van der Waals surface area contributed by atoms with E-state index in [0.717, 1.165) is 5.69 Å². The Morgan fingerprint density at radius 3 is 2.59 bits per heavy atom. The molecule has 5 rings (SSSR count). The molecule has 0 saturated carbocycles. The number of hydrogen-bond donors (Lipinski definition) is 1. The molecule has 0 radical (unpaired) electrons. The highest BCUT2D eigenvalue weighted by Gasteiger charge is 2.20. The number of anilines is 1. The zero-order valence-electron chi connectivity index (χ0n) is 18.4. The summed E-state index contributed by atoms with van der Waals surface area (Å²) < 4.78 is 9.01. The van der Waals surface area contributed by atoms with Gasteiger partial charge in [0.2, 0.25) is 0 Å². The number of benzene rings is 2. The normalized spacial score (nSPS) is 12.0. The van der Waals surface area contributed by atoms with Gasteiger partial charge in [0.15, 0.2) is 17.6 Å². The number of hydrogen-bond acceptors (Lipinski definition) is 6. The summed E-state index contributed by atoms with van der Waals surface area (Å²) in [5, 5.41) is 13.2. The number of nitrogens with zero attached hydrogens (tertiary/aromatic N) is 6. The van der Waals surface area contributed by atoms with Gasteiger partial charge in [-0.15, -0.1) is 0 Å². The van der Waals surface area contributed by atoms with Gasteiger partial charge in [-0.1, -0.05) is 29.8 Å². The van der Waals surface area contributed by atoms with E-state index in [4.69, 9.17) is 16.3 Å². The number of fused-ring (bicyclic) bond motifs is 1. The third-order valence-electron chi connectivity index (χ3n) is 5.12. The lowest BCUT2D eigenvalue weighted by Gasteiger charge is -2.15. The van der Waals surface area contributed by atoms with Crippen molar-refractivity contribution in [2.24, 2.45) is 0 Å². The molecule has 1 amide bonds. The average Bonchev–Trinajstić information content (AvgIpc) is 3.43. The molecule has 9 nitrogen and oxygen atoms in total. The standard InChI is InChI=1S/C24H20ClN7O2/c1-15-12-21(29-24(33)16(2)34-19-6-4-3-5-7-19)32(30-15)23-20-13-28-31(22(20)26-14-27-23)18-10-8-17(25)9-11-18/h3-14,16H,1-2H3,(H,29,33). The lowest BCUT2D eigenvalue weighted by atomic mass is 10.3. The van der Waals surface area contributed by atoms with Crippen LogP contribution in [-0.2, 0) is 4.79 Å². The molecule has 3 aromatic heterocycles. The van der Waals surface area contributed by atoms with E-state index in [1.807, 2.05) is 37.3 Å². The number of aromatic nitrogens is 6. The molecular formula is C24H20ClN7O2. The molecule has 0 aliphatic rings. The first kappa shape index (κ1) is 21.6. The second-order valence-corrected chi connectivity index (χ2v) is 8.05. The number of nitrogens with one attached hydrogen (secondary N) is 1. The fraction of sp³-hybridized carbons (Fsp3) is 0.125. The van der Waals surface area contributed by atoms with Crippen molar-refractivity contribution >= 4 is 34.4 Å². The number of carbonyl (C=O) groups is 1. The minimum Gasteiger partial charge on any atom is -0.481 e. The van der Waals surface area contributed by atoms with Crippen LogP contribution in [0.1, 0.15) is 12.6 Å². The molecule has 1 atom stereocenters. The van der Waals surface area contributed by atoms with Crippen molar-refractivity contribution in [3.8, 4) is 17.3 Å². The predicted molar refractivity (Wildman–Crippen MR) is 129 cm³/mol. The minimum atomic E-state index is -0.718. The van der Waals surface area contributed by atoms with E-state index in [0.29, 0.717) is 39.1 Å². The molecular weight excluding hydrogens is 454 g/mol. The smallest absolute Gasteiger partial charge is 0.266 e. The second kappa shape index (κ2) is 8.95. The maximum Gasteiger partial charge on any atom is 0.266 e. The van der Waals surface area contributed by atoms with Gasteiger partial charge in [-0.25, -0.2) is 14.6 Å². The fourth-order valence-corrected chi connectivity index (χ4v) is 3.63. The number of amides is 1. The number of aryl methyl sites for hydroxylation is 1. The van der Waals surface area contributed by atoms with Crippen molar-refractivity contribution in [3.05, 3.63) is 83.9 Å². The fourth-order valence-electron chi connectivity index (χ4n) is 3.51. The Hall–Kier alpha value is -4.24. The van der Waals surface area contributed by atoms with Crippen molar-refractivity contribution in [2.75, 3.05) is 5.32 Å². The summed E-state index contributed by atoms with van der Waals surface area (Å²) in [6, 6.07) is 18.2. The highest BCUT2D eigenvalue weighted by Crippen LogP contribution is 2.25. The topological polar surface area (TPSA) is 99.7 Å². The van der Waals surface area contributed by atoms with Gasteiger partial charge < -0.3 is 10.1 Å². The quantitative estimate of drug-likeness (QED) is 0.393. The van der Waals surface area contributed by atoms with Crippen LogP contribution >= 0.6 is 11.6 Å². The van der Waals surface area contributed by atoms with Gasteiger partial charge in [-0.2, -0.15) is 14.9 Å². The van der Waals surface area contributed by atoms with Gasteiger partial charge in [-0.05, 0) is 50.2 Å². The van der Waals surface area contributed by atoms with Crippen LogP contribution in [0, 0.1) is 6.92 Å². The van der Waals surface area contributed by atoms with Crippen LogP contribution in [0.25, 0.3) is 22.5 Å². The molecule has 0 aliphatic heterocycles. The van der Waals surface area contributed by atoms with Crippen LogP contribution in [0.2, 0.25) is 5.02 Å². The molecule has 0 aliphatic carbocycles. The maximum absolute atomic E-state index is 12.9. The van der Waals surface area contributed by atoms with Crippen molar-refractivity contribution in [3.63, 3.8) is 0 Å². The SMILES string of the molecule is Cc1cc(NC(=O)C(C)Oc2ccccc2)n(-c2ncnc3c2cnn3-c2ccc(Cl)cc2)n1. The van der Waals surface area contributed by atoms with Crippen LogP contribution in [0.5, 0.6) is 5.75 Å². The molecule has 2 aromatic carbocycles. The summed E-state index contributed by atoms with van der Waals surface area (Å²) in [5.41, 5.74) is 2.11. The number of halogens is 1. The summed E-state index contributed by atoms with van der Waals surface area (Å²) >= 11 is 6.01. The second-order valence-electron chi connectivity index (χ2n) is 7.61. The van der Waals surface area contributed by atoms with E-state index in [1.165, 1.54) is 6.33 Å². The van der Waals surface area contributed by atoms with Gasteiger partial charge >= 0.3 is 0 Å². The Balaban J connectivity index is 1.46. The molecule has 1 N–H and O–H groups in total. The van der Waals surface area contributed by atoms with E-state index in [1.54, 1.807) is 52.8 Å². The predicted octanol–water partition coefficient (Wildman–Crippen LogP) is 4.37. The molecule has 10 heteroatoms. The van der Waals surface area contributed by atoms with E-state index in [-0.39, 0.29) is 5.91 Å². The Morgan fingerprint density at radius 1 is 1.06 bits per heavy atom. The van der Waals surface area contributed by atoms with Gasteiger partial charge in [0.25, 0.3) is 5.91 Å². The number of para-hydroxylation sites is 1. The molecule has 1 unspecified atom stereocenters. The van der Waals surface area contributed by atoms with Gasteiger partial charge in [0.1, 0.15) is 17.9 Å². The summed E-state index contributed by atoms with van der Waals surface area (Å²) in [6.07, 6.45) is 2.39. The van der Waals surface area contributed by atoms with Gasteiger partial charge in [-0.3, -0.25) is 4.79 Å². The Morgan fingerprint density at radius 2 is 1.82 bits per heavy atom. The monoisotopic (exact) mass is 473 g/mol. The van der Waals surface area contributed by atoms with Crippen LogP contribution in [0.3, 0.4) is 0 Å². The van der Waals surface area contributed by atoms with Crippen LogP contribution < -0.4 is 10.1 Å². The van der Waals surface area contributed by atoms with Crippen LogP contribution in [0.4, 0.5) is 5.82 Å². The van der Waals surface area contributed by atoms with E-state index >= 15 is 0 Å². The average molecular weight is 474 g/mol. The third-order valence-corrected chi connectivity index (χ3v) is 5.38. The van der Waals surface area contributed by atoms with Crippen molar-refractivity contribution in [1.82, 2.24) is 29.5 Å². The molecule has 34 heavy (non-hydrogen) atoms. The lowest BCUT2D eigenvalue weighted by Crippen LogP contribution is -2.31. The molecule has 5 aromatic rings. The van der Waals surface area contributed by atoms with Crippen LogP contribution in [0.15, 0.2) is 73.2 Å². The summed E-state index contributed by atoms with van der Waals surface area (Å²) in [4.78, 5) is 21.7.